The van der Waals surface area contributed by atoms with E-state index in [9.17, 15) is 4.79 Å². The van der Waals surface area contributed by atoms with Crippen molar-refractivity contribution < 1.29 is 4.79 Å². The maximum absolute atomic E-state index is 12.2. The van der Waals surface area contributed by atoms with Crippen molar-refractivity contribution in [1.82, 2.24) is 5.32 Å². The van der Waals surface area contributed by atoms with Crippen molar-refractivity contribution in [3.05, 3.63) is 29.3 Å². The standard InChI is InChI=1S/C14H18N2OS/c17-14(11-5-7-18-9-11)16-13-3-1-2-10-4-6-15-8-12(10)13/h1-3,11,15H,4-9H2,(H,16,17). The summed E-state index contributed by atoms with van der Waals surface area (Å²) in [4.78, 5) is 12.2. The Morgan fingerprint density at radius 1 is 1.44 bits per heavy atom. The van der Waals surface area contributed by atoms with Gasteiger partial charge in [0.05, 0.1) is 0 Å². The largest absolute Gasteiger partial charge is 0.326 e. The highest BCUT2D eigenvalue weighted by Gasteiger charge is 2.24. The van der Waals surface area contributed by atoms with Gasteiger partial charge in [0.2, 0.25) is 5.91 Å². The number of anilines is 1. The SMILES string of the molecule is O=C(Nc1cccc2c1CNCC2)C1CCSC1. The van der Waals surface area contributed by atoms with E-state index in [-0.39, 0.29) is 11.8 Å². The van der Waals surface area contributed by atoms with Crippen LogP contribution in [0.1, 0.15) is 17.5 Å². The second-order valence-electron chi connectivity index (χ2n) is 4.92. The fourth-order valence-corrected chi connectivity index (χ4v) is 3.83. The number of thioether (sulfide) groups is 1. The Bertz CT molecular complexity index is 455. The van der Waals surface area contributed by atoms with Crippen LogP contribution in [0.3, 0.4) is 0 Å². The molecule has 18 heavy (non-hydrogen) atoms. The lowest BCUT2D eigenvalue weighted by molar-refractivity contribution is -0.119. The smallest absolute Gasteiger partial charge is 0.228 e. The van der Waals surface area contributed by atoms with Crippen LogP contribution in [0.2, 0.25) is 0 Å². The molecule has 1 aromatic carbocycles. The molecule has 1 fully saturated rings. The Balaban J connectivity index is 1.77. The van der Waals surface area contributed by atoms with Crippen molar-refractivity contribution in [3.8, 4) is 0 Å². The average Bonchev–Trinajstić information content (AvgIpc) is 2.93. The van der Waals surface area contributed by atoms with Gasteiger partial charge in [-0.1, -0.05) is 12.1 Å². The molecule has 2 N–H and O–H groups in total. The monoisotopic (exact) mass is 262 g/mol. The second-order valence-corrected chi connectivity index (χ2v) is 6.07. The van der Waals surface area contributed by atoms with Gasteiger partial charge in [-0.05, 0) is 42.3 Å². The maximum atomic E-state index is 12.2. The fourth-order valence-electron chi connectivity index (χ4n) is 2.61. The van der Waals surface area contributed by atoms with Crippen LogP contribution in [0.5, 0.6) is 0 Å². The molecule has 1 amide bonds. The van der Waals surface area contributed by atoms with Gasteiger partial charge in [0, 0.05) is 23.9 Å². The Labute approximate surface area is 112 Å². The van der Waals surface area contributed by atoms with Gasteiger partial charge in [0.25, 0.3) is 0 Å². The minimum Gasteiger partial charge on any atom is -0.326 e. The van der Waals surface area contributed by atoms with Gasteiger partial charge >= 0.3 is 0 Å². The molecule has 2 heterocycles. The number of carbonyl (C=O) groups excluding carboxylic acids is 1. The third-order valence-corrected chi connectivity index (χ3v) is 4.87. The topological polar surface area (TPSA) is 41.1 Å². The van der Waals surface area contributed by atoms with Gasteiger partial charge < -0.3 is 10.6 Å². The summed E-state index contributed by atoms with van der Waals surface area (Å²) >= 11 is 1.88. The second kappa shape index (κ2) is 5.33. The molecule has 3 nitrogen and oxygen atoms in total. The highest BCUT2D eigenvalue weighted by Crippen LogP contribution is 2.27. The third-order valence-electron chi connectivity index (χ3n) is 3.70. The minimum atomic E-state index is 0.193. The van der Waals surface area contributed by atoms with Gasteiger partial charge in [-0.2, -0.15) is 11.8 Å². The molecule has 0 bridgehead atoms. The van der Waals surface area contributed by atoms with Gasteiger partial charge in [-0.3, -0.25) is 4.79 Å². The van der Waals surface area contributed by atoms with E-state index in [0.29, 0.717) is 0 Å². The van der Waals surface area contributed by atoms with Crippen LogP contribution >= 0.6 is 11.8 Å². The van der Waals surface area contributed by atoms with Crippen molar-refractivity contribution in [2.24, 2.45) is 5.92 Å². The zero-order chi connectivity index (χ0) is 12.4. The number of amides is 1. The van der Waals surface area contributed by atoms with E-state index in [4.69, 9.17) is 0 Å². The zero-order valence-corrected chi connectivity index (χ0v) is 11.2. The van der Waals surface area contributed by atoms with E-state index >= 15 is 0 Å². The molecule has 4 heteroatoms. The molecule has 1 unspecified atom stereocenters. The number of fused-ring (bicyclic) bond motifs is 1. The van der Waals surface area contributed by atoms with E-state index in [1.807, 2.05) is 23.9 Å². The summed E-state index contributed by atoms with van der Waals surface area (Å²) < 4.78 is 0. The number of benzene rings is 1. The Morgan fingerprint density at radius 2 is 2.39 bits per heavy atom. The van der Waals surface area contributed by atoms with Crippen molar-refractivity contribution in [1.29, 1.82) is 0 Å². The predicted octanol–water partition coefficient (Wildman–Crippen LogP) is 2.02. The molecule has 2 aliphatic heterocycles. The van der Waals surface area contributed by atoms with Crippen LogP contribution in [0.15, 0.2) is 18.2 Å². The third kappa shape index (κ3) is 2.40. The van der Waals surface area contributed by atoms with E-state index in [2.05, 4.69) is 16.7 Å². The van der Waals surface area contributed by atoms with E-state index in [1.54, 1.807) is 0 Å². The average molecular weight is 262 g/mol. The van der Waals surface area contributed by atoms with Crippen LogP contribution in [-0.4, -0.2) is 24.0 Å². The van der Waals surface area contributed by atoms with Crippen molar-refractivity contribution in [3.63, 3.8) is 0 Å². The van der Waals surface area contributed by atoms with Crippen LogP contribution in [0, 0.1) is 5.92 Å². The number of nitrogens with one attached hydrogen (secondary N) is 2. The summed E-state index contributed by atoms with van der Waals surface area (Å²) in [5, 5.41) is 6.49. The lowest BCUT2D eigenvalue weighted by atomic mass is 9.99. The summed E-state index contributed by atoms with van der Waals surface area (Å²) in [5.41, 5.74) is 3.64. The Kier molecular flexibility index (Phi) is 3.57. The molecule has 96 valence electrons. The zero-order valence-electron chi connectivity index (χ0n) is 10.4. The van der Waals surface area contributed by atoms with Crippen molar-refractivity contribution in [2.45, 2.75) is 19.4 Å². The lowest BCUT2D eigenvalue weighted by Crippen LogP contribution is -2.27. The number of hydrogen-bond donors (Lipinski definition) is 2. The molecule has 2 aliphatic rings. The molecule has 0 aromatic heterocycles. The van der Waals surface area contributed by atoms with Crippen LogP contribution in [0.4, 0.5) is 5.69 Å². The van der Waals surface area contributed by atoms with Gasteiger partial charge in [0.1, 0.15) is 0 Å². The number of carbonyl (C=O) groups is 1. The van der Waals surface area contributed by atoms with E-state index in [1.165, 1.54) is 11.1 Å². The molecular weight excluding hydrogens is 244 g/mol. The maximum Gasteiger partial charge on any atom is 0.228 e. The van der Waals surface area contributed by atoms with Crippen LogP contribution in [0.25, 0.3) is 0 Å². The summed E-state index contributed by atoms with van der Waals surface area (Å²) in [5.74, 6) is 2.48. The van der Waals surface area contributed by atoms with E-state index < -0.39 is 0 Å². The quantitative estimate of drug-likeness (QED) is 0.857. The number of hydrogen-bond acceptors (Lipinski definition) is 3. The highest BCUT2D eigenvalue weighted by atomic mass is 32.2. The fraction of sp³-hybridized carbons (Fsp3) is 0.500. The van der Waals surface area contributed by atoms with E-state index in [0.717, 1.165) is 43.1 Å². The first-order chi connectivity index (χ1) is 8.84. The summed E-state index contributed by atoms with van der Waals surface area (Å²) in [6.45, 7) is 1.90. The van der Waals surface area contributed by atoms with Gasteiger partial charge in [0.15, 0.2) is 0 Å². The summed E-state index contributed by atoms with van der Waals surface area (Å²) in [6.07, 6.45) is 2.07. The first-order valence-electron chi connectivity index (χ1n) is 6.54. The normalized spacial score (nSPS) is 22.6. The number of rotatable bonds is 2. The molecule has 0 spiro atoms. The summed E-state index contributed by atoms with van der Waals surface area (Å²) in [7, 11) is 0. The highest BCUT2D eigenvalue weighted by molar-refractivity contribution is 7.99. The lowest BCUT2D eigenvalue weighted by Gasteiger charge is -2.21. The molecule has 0 aliphatic carbocycles. The molecule has 1 aromatic rings. The first kappa shape index (κ1) is 12.1. The predicted molar refractivity (Wildman–Crippen MR) is 75.9 cm³/mol. The first-order valence-corrected chi connectivity index (χ1v) is 7.70. The van der Waals surface area contributed by atoms with Gasteiger partial charge in [-0.15, -0.1) is 0 Å². The van der Waals surface area contributed by atoms with Crippen LogP contribution < -0.4 is 10.6 Å². The minimum absolute atomic E-state index is 0.193. The molecule has 1 saturated heterocycles. The molecule has 0 radical (unpaired) electrons. The van der Waals surface area contributed by atoms with Crippen LogP contribution in [-0.2, 0) is 17.8 Å². The molecule has 0 saturated carbocycles. The Morgan fingerprint density at radius 3 is 3.22 bits per heavy atom. The molecular formula is C14H18N2OS. The molecule has 1 atom stereocenters. The van der Waals surface area contributed by atoms with Gasteiger partial charge in [-0.25, -0.2) is 0 Å². The van der Waals surface area contributed by atoms with Crippen molar-refractivity contribution in [2.75, 3.05) is 23.4 Å². The van der Waals surface area contributed by atoms with Crippen molar-refractivity contribution >= 4 is 23.4 Å². The summed E-state index contributed by atoms with van der Waals surface area (Å²) in [6, 6.07) is 6.23. The molecule has 3 rings (SSSR count). The Hall–Kier alpha value is -1.00.